The zero-order valence-electron chi connectivity index (χ0n) is 11.3. The molecule has 1 saturated heterocycles. The van der Waals surface area contributed by atoms with Crippen LogP contribution in [-0.4, -0.2) is 34.9 Å². The van der Waals surface area contributed by atoms with Gasteiger partial charge < -0.3 is 10.6 Å². The van der Waals surface area contributed by atoms with Crippen LogP contribution in [0, 0.1) is 0 Å². The smallest absolute Gasteiger partial charge is 0.233 e. The summed E-state index contributed by atoms with van der Waals surface area (Å²) in [6.45, 7) is 3.98. The third kappa shape index (κ3) is 2.34. The highest BCUT2D eigenvalue weighted by atomic mass is 32.2. The van der Waals surface area contributed by atoms with Gasteiger partial charge in [0.15, 0.2) is 0 Å². The second-order valence-electron chi connectivity index (χ2n) is 5.64. The number of nitrogens with two attached hydrogens (primary N) is 1. The van der Waals surface area contributed by atoms with E-state index in [0.29, 0.717) is 11.2 Å². The maximum Gasteiger partial charge on any atom is 0.233 e. The zero-order chi connectivity index (χ0) is 13.5. The maximum atomic E-state index is 12.8. The molecule has 2 N–H and O–H groups in total. The monoisotopic (exact) mass is 276 g/mol. The van der Waals surface area contributed by atoms with E-state index in [-0.39, 0.29) is 5.41 Å². The van der Waals surface area contributed by atoms with E-state index in [0.717, 1.165) is 42.9 Å². The Balaban J connectivity index is 1.80. The van der Waals surface area contributed by atoms with Gasteiger partial charge in [0.25, 0.3) is 0 Å². The summed E-state index contributed by atoms with van der Waals surface area (Å²) in [5.74, 6) is 1.38. The number of benzene rings is 1. The van der Waals surface area contributed by atoms with E-state index in [9.17, 15) is 4.79 Å². The summed E-state index contributed by atoms with van der Waals surface area (Å²) in [5, 5.41) is 0.555. The molecule has 0 spiro atoms. The largest absolute Gasteiger partial charge is 0.399 e. The number of hydrogen-bond donors (Lipinski definition) is 1. The van der Waals surface area contributed by atoms with Crippen molar-refractivity contribution >= 4 is 23.4 Å². The Bertz CT molecular complexity index is 481. The van der Waals surface area contributed by atoms with Gasteiger partial charge in [-0.2, -0.15) is 11.8 Å². The molecule has 3 nitrogen and oxygen atoms in total. The quantitative estimate of drug-likeness (QED) is 0.843. The predicted octanol–water partition coefficient (Wildman–Crippen LogP) is 2.26. The lowest BCUT2D eigenvalue weighted by Crippen LogP contribution is -2.46. The molecule has 1 atom stereocenters. The highest BCUT2D eigenvalue weighted by molar-refractivity contribution is 7.99. The van der Waals surface area contributed by atoms with Gasteiger partial charge in [-0.05, 0) is 30.5 Å². The van der Waals surface area contributed by atoms with Crippen molar-refractivity contribution in [2.24, 2.45) is 0 Å². The van der Waals surface area contributed by atoms with Crippen LogP contribution in [0.2, 0.25) is 0 Å². The molecule has 1 saturated carbocycles. The summed E-state index contributed by atoms with van der Waals surface area (Å²) in [6.07, 6.45) is 1.96. The molecule has 2 fully saturated rings. The lowest BCUT2D eigenvalue weighted by atomic mass is 9.94. The van der Waals surface area contributed by atoms with Gasteiger partial charge in [-0.15, -0.1) is 0 Å². The van der Waals surface area contributed by atoms with Gasteiger partial charge in [-0.3, -0.25) is 4.79 Å². The summed E-state index contributed by atoms with van der Waals surface area (Å²) in [4.78, 5) is 14.9. The van der Waals surface area contributed by atoms with E-state index in [1.54, 1.807) is 0 Å². The first kappa shape index (κ1) is 12.9. The lowest BCUT2D eigenvalue weighted by molar-refractivity contribution is -0.133. The minimum atomic E-state index is -0.241. The number of nitrogen functional groups attached to an aromatic ring is 1. The van der Waals surface area contributed by atoms with Gasteiger partial charge in [-0.25, -0.2) is 0 Å². The van der Waals surface area contributed by atoms with Crippen LogP contribution in [0.4, 0.5) is 5.69 Å². The van der Waals surface area contributed by atoms with Crippen LogP contribution >= 0.6 is 11.8 Å². The Morgan fingerprint density at radius 3 is 2.63 bits per heavy atom. The van der Waals surface area contributed by atoms with Crippen molar-refractivity contribution in [2.75, 3.05) is 24.6 Å². The molecule has 102 valence electrons. The molecule has 1 aromatic rings. The van der Waals surface area contributed by atoms with E-state index in [4.69, 9.17) is 5.73 Å². The van der Waals surface area contributed by atoms with E-state index in [2.05, 4.69) is 11.8 Å². The van der Waals surface area contributed by atoms with Crippen molar-refractivity contribution in [3.05, 3.63) is 29.8 Å². The highest BCUT2D eigenvalue weighted by Gasteiger charge is 2.53. The van der Waals surface area contributed by atoms with Crippen molar-refractivity contribution in [2.45, 2.75) is 30.4 Å². The van der Waals surface area contributed by atoms with Crippen molar-refractivity contribution in [1.82, 2.24) is 4.90 Å². The van der Waals surface area contributed by atoms with Gasteiger partial charge in [0.05, 0.1) is 5.41 Å². The van der Waals surface area contributed by atoms with Crippen LogP contribution in [0.1, 0.15) is 25.3 Å². The molecule has 1 amide bonds. The van der Waals surface area contributed by atoms with Gasteiger partial charge in [0, 0.05) is 29.8 Å². The molecule has 1 aromatic carbocycles. The van der Waals surface area contributed by atoms with Crippen LogP contribution in [0.5, 0.6) is 0 Å². The van der Waals surface area contributed by atoms with E-state index >= 15 is 0 Å². The third-order valence-corrected chi connectivity index (χ3v) is 5.29. The fraction of sp³-hybridized carbons (Fsp3) is 0.533. The lowest BCUT2D eigenvalue weighted by Gasteiger charge is -2.33. The molecule has 2 aliphatic rings. The van der Waals surface area contributed by atoms with E-state index in [1.807, 2.05) is 36.0 Å². The van der Waals surface area contributed by atoms with E-state index < -0.39 is 0 Å². The molecule has 3 rings (SSSR count). The normalized spacial score (nSPS) is 25.1. The van der Waals surface area contributed by atoms with E-state index in [1.165, 1.54) is 0 Å². The first-order chi connectivity index (χ1) is 9.12. The second-order valence-corrected chi connectivity index (χ2v) is 7.18. The number of nitrogens with zero attached hydrogens (tertiary/aromatic N) is 1. The molecule has 1 unspecified atom stereocenters. The fourth-order valence-electron chi connectivity index (χ4n) is 2.86. The first-order valence-corrected chi connectivity index (χ1v) is 7.94. The number of rotatable bonds is 2. The molecule has 1 aliphatic carbocycles. The Labute approximate surface area is 118 Å². The molecular formula is C15H20N2OS. The average molecular weight is 276 g/mol. The summed E-state index contributed by atoms with van der Waals surface area (Å²) in [7, 11) is 0. The number of hydrogen-bond acceptors (Lipinski definition) is 3. The van der Waals surface area contributed by atoms with Gasteiger partial charge >= 0.3 is 0 Å². The van der Waals surface area contributed by atoms with Crippen LogP contribution in [0.15, 0.2) is 24.3 Å². The Morgan fingerprint density at radius 2 is 2.05 bits per heavy atom. The van der Waals surface area contributed by atoms with Crippen LogP contribution in [0.3, 0.4) is 0 Å². The molecule has 1 aliphatic heterocycles. The number of thioether (sulfide) groups is 1. The molecule has 0 bridgehead atoms. The minimum Gasteiger partial charge on any atom is -0.399 e. The Morgan fingerprint density at radius 1 is 1.37 bits per heavy atom. The topological polar surface area (TPSA) is 46.3 Å². The number of amides is 1. The number of anilines is 1. The summed E-state index contributed by atoms with van der Waals surface area (Å²) in [5.41, 5.74) is 7.38. The summed E-state index contributed by atoms with van der Waals surface area (Å²) >= 11 is 1.96. The van der Waals surface area contributed by atoms with Crippen molar-refractivity contribution in [3.8, 4) is 0 Å². The molecule has 0 aromatic heterocycles. The van der Waals surface area contributed by atoms with Gasteiger partial charge in [-0.1, -0.05) is 19.1 Å². The Kier molecular flexibility index (Phi) is 3.21. The van der Waals surface area contributed by atoms with Gasteiger partial charge in [0.1, 0.15) is 0 Å². The van der Waals surface area contributed by atoms with Crippen LogP contribution < -0.4 is 5.73 Å². The Hall–Kier alpha value is -1.16. The van der Waals surface area contributed by atoms with Crippen LogP contribution in [0.25, 0.3) is 0 Å². The molecule has 19 heavy (non-hydrogen) atoms. The first-order valence-electron chi connectivity index (χ1n) is 6.89. The molecular weight excluding hydrogens is 256 g/mol. The number of carbonyl (C=O) groups excluding carboxylic acids is 1. The predicted molar refractivity (Wildman–Crippen MR) is 80.3 cm³/mol. The second kappa shape index (κ2) is 4.75. The highest BCUT2D eigenvalue weighted by Crippen LogP contribution is 2.50. The summed E-state index contributed by atoms with van der Waals surface area (Å²) in [6, 6.07) is 7.83. The SMILES string of the molecule is CC1CN(C(=O)C2(c3ccc(N)cc3)CC2)CCS1. The fourth-order valence-corrected chi connectivity index (χ4v) is 3.87. The van der Waals surface area contributed by atoms with Crippen molar-refractivity contribution < 1.29 is 4.79 Å². The van der Waals surface area contributed by atoms with Crippen molar-refractivity contribution in [1.29, 1.82) is 0 Å². The van der Waals surface area contributed by atoms with Gasteiger partial charge in [0.2, 0.25) is 5.91 Å². The maximum absolute atomic E-state index is 12.8. The molecule has 1 heterocycles. The number of carbonyl (C=O) groups is 1. The average Bonchev–Trinajstić information content (AvgIpc) is 3.20. The molecule has 0 radical (unpaired) electrons. The standard InChI is InChI=1S/C15H20N2OS/c1-11-10-17(8-9-19-11)14(18)15(6-7-15)12-2-4-13(16)5-3-12/h2-5,11H,6-10,16H2,1H3. The van der Waals surface area contributed by atoms with Crippen LogP contribution in [-0.2, 0) is 10.2 Å². The molecule has 4 heteroatoms. The minimum absolute atomic E-state index is 0.241. The van der Waals surface area contributed by atoms with Crippen molar-refractivity contribution in [3.63, 3.8) is 0 Å². The zero-order valence-corrected chi connectivity index (χ0v) is 12.1. The third-order valence-electron chi connectivity index (χ3n) is 4.15. The summed E-state index contributed by atoms with van der Waals surface area (Å²) < 4.78 is 0.